The molecule has 11 heavy (non-hydrogen) atoms. The predicted molar refractivity (Wildman–Crippen MR) is 37.8 cm³/mol. The summed E-state index contributed by atoms with van der Waals surface area (Å²) in [6.45, 7) is 0. The number of hydrogen-bond donors (Lipinski definition) is 0. The minimum Gasteiger partial charge on any atom is -0.290 e. The lowest BCUT2D eigenvalue weighted by atomic mass is 10.4. The Hall–Kier alpha value is -1.71. The molecule has 0 bridgehead atoms. The van der Waals surface area contributed by atoms with Crippen LogP contribution < -0.4 is 0 Å². The van der Waals surface area contributed by atoms with E-state index in [1.54, 1.807) is 29.3 Å². The average Bonchev–Trinajstić information content (AvgIpc) is 2.50. The molecule has 2 rings (SSSR count). The Kier molecular flexibility index (Phi) is 1.18. The molecule has 0 N–H and O–H groups in total. The zero-order chi connectivity index (χ0) is 7.68. The van der Waals surface area contributed by atoms with Crippen molar-refractivity contribution in [2.45, 2.75) is 0 Å². The summed E-state index contributed by atoms with van der Waals surface area (Å²) in [6.07, 6.45) is 8.16. The van der Waals surface area contributed by atoms with Gasteiger partial charge >= 0.3 is 0 Å². The molecule has 0 atom stereocenters. The van der Waals surface area contributed by atoms with E-state index in [4.69, 9.17) is 0 Å². The van der Waals surface area contributed by atoms with E-state index in [0.29, 0.717) is 11.3 Å². The lowest BCUT2D eigenvalue weighted by Crippen LogP contribution is -1.90. The van der Waals surface area contributed by atoms with Crippen LogP contribution >= 0.6 is 0 Å². The van der Waals surface area contributed by atoms with Gasteiger partial charge in [0.05, 0.1) is 5.56 Å². The molecule has 0 saturated heterocycles. The molecule has 2 aromatic rings. The van der Waals surface area contributed by atoms with Crippen molar-refractivity contribution in [2.24, 2.45) is 0 Å². The van der Waals surface area contributed by atoms with E-state index in [9.17, 15) is 4.79 Å². The van der Waals surface area contributed by atoms with Crippen LogP contribution in [0.25, 0.3) is 5.78 Å². The molecule has 0 amide bonds. The Morgan fingerprint density at radius 3 is 3.18 bits per heavy atom. The van der Waals surface area contributed by atoms with Gasteiger partial charge in [-0.25, -0.2) is 9.97 Å². The number of fused-ring (bicyclic) bond motifs is 1. The Balaban J connectivity index is 2.76. The van der Waals surface area contributed by atoms with Gasteiger partial charge in [-0.2, -0.15) is 0 Å². The lowest BCUT2D eigenvalue weighted by molar-refractivity contribution is 0.562. The van der Waals surface area contributed by atoms with Crippen LogP contribution in [0.2, 0.25) is 0 Å². The van der Waals surface area contributed by atoms with E-state index < -0.39 is 0 Å². The Labute approximate surface area is 62.5 Å². The first kappa shape index (κ1) is 6.03. The van der Waals surface area contributed by atoms with E-state index in [0.717, 1.165) is 0 Å². The largest absolute Gasteiger partial charge is 0.290 e. The maximum atomic E-state index is 10.2. The first-order valence-electron chi connectivity index (χ1n) is 3.07. The molecule has 2 heterocycles. The van der Waals surface area contributed by atoms with Crippen LogP contribution in [0.15, 0.2) is 24.8 Å². The molecule has 0 spiro atoms. The molecule has 0 aliphatic heterocycles. The summed E-state index contributed by atoms with van der Waals surface area (Å²) in [5.41, 5.74) is 0.426. The van der Waals surface area contributed by atoms with Crippen molar-refractivity contribution in [1.29, 1.82) is 0 Å². The SMILES string of the molecule is O=[C]c1cnc2nccn2c1. The zero-order valence-electron chi connectivity index (χ0n) is 5.56. The lowest BCUT2D eigenvalue weighted by Gasteiger charge is -1.90. The van der Waals surface area contributed by atoms with Gasteiger partial charge in [0.25, 0.3) is 0 Å². The molecule has 4 heteroatoms. The van der Waals surface area contributed by atoms with Crippen LogP contribution in [0.5, 0.6) is 0 Å². The fourth-order valence-corrected chi connectivity index (χ4v) is 0.869. The van der Waals surface area contributed by atoms with Crippen molar-refractivity contribution < 1.29 is 4.79 Å². The summed E-state index contributed by atoms with van der Waals surface area (Å²) >= 11 is 0. The number of carbonyl (C=O) groups excluding carboxylic acids is 1. The summed E-state index contributed by atoms with van der Waals surface area (Å²) in [5.74, 6) is 0.587. The monoisotopic (exact) mass is 146 g/mol. The first-order chi connectivity index (χ1) is 5.40. The van der Waals surface area contributed by atoms with Crippen molar-refractivity contribution >= 4 is 12.1 Å². The van der Waals surface area contributed by atoms with Crippen LogP contribution in [-0.2, 0) is 4.79 Å². The van der Waals surface area contributed by atoms with Gasteiger partial charge in [0.1, 0.15) is 0 Å². The van der Waals surface area contributed by atoms with Gasteiger partial charge in [0, 0.05) is 24.8 Å². The fraction of sp³-hybridized carbons (Fsp3) is 0. The van der Waals surface area contributed by atoms with Gasteiger partial charge < -0.3 is 0 Å². The number of imidazole rings is 1. The minimum atomic E-state index is 0.426. The highest BCUT2D eigenvalue weighted by molar-refractivity contribution is 5.74. The van der Waals surface area contributed by atoms with Crippen LogP contribution in [0.1, 0.15) is 5.56 Å². The molecule has 0 aliphatic rings. The highest BCUT2D eigenvalue weighted by Crippen LogP contribution is 1.97. The van der Waals surface area contributed by atoms with E-state index in [-0.39, 0.29) is 0 Å². The van der Waals surface area contributed by atoms with Crippen molar-refractivity contribution in [3.63, 3.8) is 0 Å². The van der Waals surface area contributed by atoms with E-state index in [1.807, 2.05) is 0 Å². The number of rotatable bonds is 1. The molecular formula is C7H4N3O. The standard InChI is InChI=1S/C7H4N3O/c11-5-6-3-9-7-8-1-2-10(7)4-6/h1-4H. The van der Waals surface area contributed by atoms with Gasteiger partial charge in [-0.05, 0) is 0 Å². The Bertz CT molecular complexity index is 393. The maximum absolute atomic E-state index is 10.2. The molecule has 4 nitrogen and oxygen atoms in total. The maximum Gasteiger partial charge on any atom is 0.236 e. The second-order valence-corrected chi connectivity index (χ2v) is 2.08. The molecular weight excluding hydrogens is 142 g/mol. The minimum absolute atomic E-state index is 0.426. The summed E-state index contributed by atoms with van der Waals surface area (Å²) in [4.78, 5) is 18.0. The van der Waals surface area contributed by atoms with Crippen molar-refractivity contribution in [3.05, 3.63) is 30.4 Å². The Morgan fingerprint density at radius 2 is 2.36 bits per heavy atom. The van der Waals surface area contributed by atoms with Gasteiger partial charge in [0.15, 0.2) is 0 Å². The number of hydrogen-bond acceptors (Lipinski definition) is 3. The van der Waals surface area contributed by atoms with E-state index in [2.05, 4.69) is 9.97 Å². The topological polar surface area (TPSA) is 47.3 Å². The summed E-state index contributed by atoms with van der Waals surface area (Å²) in [7, 11) is 0. The quantitative estimate of drug-likeness (QED) is 0.576. The molecule has 53 valence electrons. The molecule has 0 aliphatic carbocycles. The number of nitrogens with zero attached hydrogens (tertiary/aromatic N) is 3. The normalized spacial score (nSPS) is 10.2. The highest BCUT2D eigenvalue weighted by Gasteiger charge is 1.95. The van der Waals surface area contributed by atoms with Gasteiger partial charge in [-0.15, -0.1) is 0 Å². The molecule has 2 aromatic heterocycles. The summed E-state index contributed by atoms with van der Waals surface area (Å²) < 4.78 is 1.67. The van der Waals surface area contributed by atoms with Crippen molar-refractivity contribution in [2.75, 3.05) is 0 Å². The third-order valence-corrected chi connectivity index (χ3v) is 1.36. The smallest absolute Gasteiger partial charge is 0.236 e. The summed E-state index contributed by atoms with van der Waals surface area (Å²) in [5, 5.41) is 0. The summed E-state index contributed by atoms with van der Waals surface area (Å²) in [6, 6.07) is 0. The van der Waals surface area contributed by atoms with Gasteiger partial charge in [0.2, 0.25) is 12.1 Å². The van der Waals surface area contributed by atoms with Crippen LogP contribution in [0.4, 0.5) is 0 Å². The second-order valence-electron chi connectivity index (χ2n) is 2.08. The molecule has 0 saturated carbocycles. The molecule has 0 aromatic carbocycles. The molecule has 0 unspecified atom stereocenters. The predicted octanol–water partition coefficient (Wildman–Crippen LogP) is 0.187. The average molecular weight is 146 g/mol. The number of aromatic nitrogens is 3. The molecule has 1 radical (unpaired) electrons. The van der Waals surface area contributed by atoms with Gasteiger partial charge in [-0.3, -0.25) is 9.20 Å². The fourth-order valence-electron chi connectivity index (χ4n) is 0.869. The third-order valence-electron chi connectivity index (χ3n) is 1.36. The van der Waals surface area contributed by atoms with Crippen LogP contribution in [0, 0.1) is 0 Å². The van der Waals surface area contributed by atoms with Crippen molar-refractivity contribution in [1.82, 2.24) is 14.4 Å². The first-order valence-corrected chi connectivity index (χ1v) is 3.07. The second kappa shape index (κ2) is 2.16. The van der Waals surface area contributed by atoms with E-state index in [1.165, 1.54) is 6.20 Å². The van der Waals surface area contributed by atoms with Crippen LogP contribution in [-0.4, -0.2) is 20.7 Å². The van der Waals surface area contributed by atoms with Crippen LogP contribution in [0.3, 0.4) is 0 Å². The molecule has 0 fully saturated rings. The zero-order valence-corrected chi connectivity index (χ0v) is 5.56. The van der Waals surface area contributed by atoms with E-state index >= 15 is 0 Å². The highest BCUT2D eigenvalue weighted by atomic mass is 16.1. The third kappa shape index (κ3) is 0.881. The van der Waals surface area contributed by atoms with Gasteiger partial charge in [-0.1, -0.05) is 0 Å². The van der Waals surface area contributed by atoms with Crippen molar-refractivity contribution in [3.8, 4) is 0 Å². The Morgan fingerprint density at radius 1 is 1.45 bits per heavy atom.